The zero-order valence-electron chi connectivity index (χ0n) is 5.46. The van der Waals surface area contributed by atoms with Gasteiger partial charge < -0.3 is 16.6 Å². The number of hydrogen-bond donors (Lipinski definition) is 3. The fourth-order valence-electron chi connectivity index (χ4n) is 1.20. The Kier molecular flexibility index (Phi) is 2.05. The van der Waals surface area contributed by atoms with Crippen molar-refractivity contribution in [3.05, 3.63) is 0 Å². The summed E-state index contributed by atoms with van der Waals surface area (Å²) in [6.07, 6.45) is 2.12. The van der Waals surface area contributed by atoms with Gasteiger partial charge >= 0.3 is 0 Å². The summed E-state index contributed by atoms with van der Waals surface area (Å²) in [4.78, 5) is 0. The van der Waals surface area contributed by atoms with Crippen molar-refractivity contribution in [3.8, 4) is 0 Å². The Hall–Kier alpha value is -0.120. The Balaban J connectivity index is 2.35. The highest BCUT2D eigenvalue weighted by Gasteiger charge is 2.23. The molecule has 0 radical (unpaired) electrons. The average molecular weight is 130 g/mol. The number of aliphatic hydroxyl groups is 1. The summed E-state index contributed by atoms with van der Waals surface area (Å²) in [5, 5.41) is 9.14. The van der Waals surface area contributed by atoms with Crippen LogP contribution in [0.5, 0.6) is 0 Å². The van der Waals surface area contributed by atoms with E-state index in [1.165, 1.54) is 0 Å². The van der Waals surface area contributed by atoms with Crippen LogP contribution in [0, 0.1) is 0 Å². The molecule has 0 aromatic carbocycles. The molecule has 1 unspecified atom stereocenters. The summed E-state index contributed by atoms with van der Waals surface area (Å²) in [6, 6.07) is 0.129. The molecule has 1 fully saturated rings. The Labute approximate surface area is 55.0 Å². The molecule has 0 spiro atoms. The molecule has 1 rings (SSSR count). The van der Waals surface area contributed by atoms with Crippen LogP contribution in [0.25, 0.3) is 0 Å². The van der Waals surface area contributed by atoms with Crippen molar-refractivity contribution < 1.29 is 5.11 Å². The van der Waals surface area contributed by atoms with E-state index in [1.54, 1.807) is 0 Å². The molecule has 1 aliphatic rings. The largest absolute Gasteiger partial charge is 0.391 e. The third kappa shape index (κ3) is 1.64. The van der Waals surface area contributed by atoms with Crippen LogP contribution in [0.1, 0.15) is 19.3 Å². The van der Waals surface area contributed by atoms with Gasteiger partial charge in [0.2, 0.25) is 0 Å². The van der Waals surface area contributed by atoms with Crippen molar-refractivity contribution in [2.75, 3.05) is 0 Å². The Morgan fingerprint density at radius 1 is 1.22 bits per heavy atom. The summed E-state index contributed by atoms with van der Waals surface area (Å²) in [5.74, 6) is 0. The summed E-state index contributed by atoms with van der Waals surface area (Å²) in [7, 11) is 0. The van der Waals surface area contributed by atoms with Crippen LogP contribution < -0.4 is 11.5 Å². The molecule has 3 nitrogen and oxygen atoms in total. The SMILES string of the molecule is NC1CC[C@@H](N)C[C@@H]1O. The van der Waals surface area contributed by atoms with Gasteiger partial charge in [0.25, 0.3) is 0 Å². The lowest BCUT2D eigenvalue weighted by atomic mass is 9.90. The minimum atomic E-state index is -0.367. The third-order valence-electron chi connectivity index (χ3n) is 1.91. The Morgan fingerprint density at radius 2 is 1.89 bits per heavy atom. The fraction of sp³-hybridized carbons (Fsp3) is 1.00. The minimum Gasteiger partial charge on any atom is -0.391 e. The zero-order chi connectivity index (χ0) is 6.85. The minimum absolute atomic E-state index is 0.0372. The van der Waals surface area contributed by atoms with Crippen molar-refractivity contribution >= 4 is 0 Å². The fourth-order valence-corrected chi connectivity index (χ4v) is 1.20. The van der Waals surface area contributed by atoms with E-state index in [2.05, 4.69) is 0 Å². The predicted octanol–water partition coefficient (Wildman–Crippen LogP) is -0.814. The molecule has 9 heavy (non-hydrogen) atoms. The first-order valence-electron chi connectivity index (χ1n) is 3.39. The maximum Gasteiger partial charge on any atom is 0.0705 e. The molecule has 1 saturated carbocycles. The quantitative estimate of drug-likeness (QED) is 0.401. The number of nitrogens with two attached hydrogens (primary N) is 2. The van der Waals surface area contributed by atoms with Gasteiger partial charge in [-0.05, 0) is 19.3 Å². The van der Waals surface area contributed by atoms with Crippen molar-refractivity contribution in [2.24, 2.45) is 11.5 Å². The van der Waals surface area contributed by atoms with Crippen LogP contribution in [0.2, 0.25) is 0 Å². The average Bonchev–Trinajstić information content (AvgIpc) is 1.80. The first-order valence-corrected chi connectivity index (χ1v) is 3.39. The second-order valence-corrected chi connectivity index (χ2v) is 2.80. The highest BCUT2D eigenvalue weighted by Crippen LogP contribution is 2.15. The van der Waals surface area contributed by atoms with E-state index >= 15 is 0 Å². The summed E-state index contributed by atoms with van der Waals surface area (Å²) >= 11 is 0. The van der Waals surface area contributed by atoms with Gasteiger partial charge in [-0.2, -0.15) is 0 Å². The van der Waals surface area contributed by atoms with Crippen LogP contribution in [0.15, 0.2) is 0 Å². The maximum atomic E-state index is 9.14. The highest BCUT2D eigenvalue weighted by atomic mass is 16.3. The highest BCUT2D eigenvalue weighted by molar-refractivity contribution is 4.83. The Bertz CT molecular complexity index is 97.1. The van der Waals surface area contributed by atoms with Crippen LogP contribution >= 0.6 is 0 Å². The van der Waals surface area contributed by atoms with Crippen molar-refractivity contribution in [2.45, 2.75) is 37.5 Å². The number of rotatable bonds is 0. The van der Waals surface area contributed by atoms with Gasteiger partial charge in [0.15, 0.2) is 0 Å². The molecule has 1 aliphatic carbocycles. The van der Waals surface area contributed by atoms with Gasteiger partial charge in [-0.3, -0.25) is 0 Å². The normalized spacial score (nSPS) is 45.0. The second-order valence-electron chi connectivity index (χ2n) is 2.80. The summed E-state index contributed by atoms with van der Waals surface area (Å²) in [6.45, 7) is 0. The summed E-state index contributed by atoms with van der Waals surface area (Å²) < 4.78 is 0. The molecule has 0 aromatic rings. The van der Waals surface area contributed by atoms with Crippen LogP contribution in [0.4, 0.5) is 0 Å². The maximum absolute atomic E-state index is 9.14. The molecule has 3 atom stereocenters. The molecular weight excluding hydrogens is 116 g/mol. The van der Waals surface area contributed by atoms with E-state index in [0.717, 1.165) is 12.8 Å². The molecule has 54 valence electrons. The van der Waals surface area contributed by atoms with Gasteiger partial charge in [-0.15, -0.1) is 0 Å². The van der Waals surface area contributed by atoms with E-state index in [4.69, 9.17) is 16.6 Å². The van der Waals surface area contributed by atoms with Gasteiger partial charge in [-0.1, -0.05) is 0 Å². The topological polar surface area (TPSA) is 72.3 Å². The van der Waals surface area contributed by atoms with Gasteiger partial charge in [0.05, 0.1) is 6.10 Å². The third-order valence-corrected chi connectivity index (χ3v) is 1.91. The lowest BCUT2D eigenvalue weighted by Crippen LogP contribution is -2.44. The van der Waals surface area contributed by atoms with Crippen molar-refractivity contribution in [1.29, 1.82) is 0 Å². The second kappa shape index (κ2) is 2.64. The number of aliphatic hydroxyl groups excluding tert-OH is 1. The molecule has 3 heteroatoms. The van der Waals surface area contributed by atoms with Gasteiger partial charge in [0, 0.05) is 12.1 Å². The lowest BCUT2D eigenvalue weighted by Gasteiger charge is -2.28. The van der Waals surface area contributed by atoms with Crippen LogP contribution in [-0.2, 0) is 0 Å². The summed E-state index contributed by atoms with van der Waals surface area (Å²) in [5.41, 5.74) is 11.1. The lowest BCUT2D eigenvalue weighted by molar-refractivity contribution is 0.0993. The predicted molar refractivity (Wildman–Crippen MR) is 35.8 cm³/mol. The van der Waals surface area contributed by atoms with E-state index < -0.39 is 0 Å². The first-order chi connectivity index (χ1) is 4.20. The van der Waals surface area contributed by atoms with E-state index in [9.17, 15) is 0 Å². The van der Waals surface area contributed by atoms with Gasteiger partial charge in [-0.25, -0.2) is 0 Å². The molecular formula is C6H14N2O. The molecule has 0 aromatic heterocycles. The van der Waals surface area contributed by atoms with Gasteiger partial charge in [0.1, 0.15) is 0 Å². The monoisotopic (exact) mass is 130 g/mol. The standard InChI is InChI=1S/C6H14N2O/c7-4-1-2-5(8)6(9)3-4/h4-6,9H,1-3,7-8H2/t4-,5?,6+/m1/s1. The molecule has 0 bridgehead atoms. The van der Waals surface area contributed by atoms with Crippen LogP contribution in [-0.4, -0.2) is 23.3 Å². The number of hydrogen-bond acceptors (Lipinski definition) is 3. The zero-order valence-corrected chi connectivity index (χ0v) is 5.46. The van der Waals surface area contributed by atoms with E-state index in [0.29, 0.717) is 6.42 Å². The Morgan fingerprint density at radius 3 is 2.33 bits per heavy atom. The smallest absolute Gasteiger partial charge is 0.0705 e. The molecule has 5 N–H and O–H groups in total. The molecule has 0 amide bonds. The van der Waals surface area contributed by atoms with Crippen LogP contribution in [0.3, 0.4) is 0 Å². The van der Waals surface area contributed by atoms with E-state index in [1.807, 2.05) is 0 Å². The van der Waals surface area contributed by atoms with E-state index in [-0.39, 0.29) is 18.2 Å². The molecule has 0 aliphatic heterocycles. The molecule has 0 saturated heterocycles. The van der Waals surface area contributed by atoms with Crippen molar-refractivity contribution in [1.82, 2.24) is 0 Å². The first kappa shape index (κ1) is 6.99. The van der Waals surface area contributed by atoms with Crippen molar-refractivity contribution in [3.63, 3.8) is 0 Å². The molecule has 0 heterocycles.